The maximum Gasteiger partial charge on any atom is 0.269 e. The van der Waals surface area contributed by atoms with Crippen LogP contribution in [0, 0.1) is 12.7 Å². The van der Waals surface area contributed by atoms with Crippen molar-refractivity contribution in [2.45, 2.75) is 20.4 Å². The molecule has 0 spiro atoms. The molecule has 6 nitrogen and oxygen atoms in total. The van der Waals surface area contributed by atoms with Crippen molar-refractivity contribution in [2.75, 3.05) is 5.43 Å². The Morgan fingerprint density at radius 1 is 1.24 bits per heavy atom. The molecule has 1 heterocycles. The Balaban J connectivity index is 1.88. The zero-order valence-corrected chi connectivity index (χ0v) is 13.8. The minimum Gasteiger partial charge on any atom is -0.277 e. The Kier molecular flexibility index (Phi) is 4.47. The lowest BCUT2D eigenvalue weighted by atomic mass is 10.1. The van der Waals surface area contributed by atoms with E-state index in [2.05, 4.69) is 15.8 Å². The first-order valence-electron chi connectivity index (χ1n) is 7.83. The minimum atomic E-state index is -0.524. The fraction of sp³-hybridized carbons (Fsp3) is 0.167. The van der Waals surface area contributed by atoms with E-state index in [1.165, 1.54) is 16.7 Å². The zero-order chi connectivity index (χ0) is 18.0. The second-order valence-electron chi connectivity index (χ2n) is 5.55. The van der Waals surface area contributed by atoms with Gasteiger partial charge >= 0.3 is 0 Å². The third-order valence-electron chi connectivity index (χ3n) is 3.90. The summed E-state index contributed by atoms with van der Waals surface area (Å²) in [7, 11) is 0. The van der Waals surface area contributed by atoms with Crippen LogP contribution in [0.2, 0.25) is 0 Å². The molecule has 1 aromatic heterocycles. The molecule has 0 aliphatic carbocycles. The summed E-state index contributed by atoms with van der Waals surface area (Å²) in [6.07, 6.45) is 0. The quantitative estimate of drug-likeness (QED) is 0.716. The number of anilines is 1. The molecule has 0 aliphatic rings. The molecule has 25 heavy (non-hydrogen) atoms. The van der Waals surface area contributed by atoms with Gasteiger partial charge in [-0.2, -0.15) is 0 Å². The molecule has 0 atom stereocenters. The van der Waals surface area contributed by atoms with Gasteiger partial charge in [0, 0.05) is 12.1 Å². The van der Waals surface area contributed by atoms with Crippen LogP contribution in [0.5, 0.6) is 0 Å². The average Bonchev–Trinajstić information content (AvgIpc) is 2.62. The molecule has 0 unspecified atom stereocenters. The molecule has 3 rings (SSSR count). The molecule has 0 radical (unpaired) electrons. The van der Waals surface area contributed by atoms with Crippen LogP contribution in [0.4, 0.5) is 10.3 Å². The fourth-order valence-electron chi connectivity index (χ4n) is 2.48. The van der Waals surface area contributed by atoms with Gasteiger partial charge in [-0.25, -0.2) is 9.37 Å². The molecule has 3 aromatic rings. The number of para-hydroxylation sites is 1. The first kappa shape index (κ1) is 16.6. The van der Waals surface area contributed by atoms with Gasteiger partial charge in [-0.15, -0.1) is 0 Å². The van der Waals surface area contributed by atoms with Crippen LogP contribution in [-0.2, 0) is 6.54 Å². The van der Waals surface area contributed by atoms with E-state index in [0.29, 0.717) is 23.0 Å². The molecular formula is C18H17FN4O2. The number of aromatic nitrogens is 2. The second-order valence-corrected chi connectivity index (χ2v) is 5.55. The molecule has 128 valence electrons. The van der Waals surface area contributed by atoms with Gasteiger partial charge in [0.2, 0.25) is 5.95 Å². The van der Waals surface area contributed by atoms with Crippen molar-refractivity contribution in [3.05, 3.63) is 69.8 Å². The molecule has 0 aliphatic heterocycles. The van der Waals surface area contributed by atoms with E-state index < -0.39 is 11.7 Å². The molecule has 2 aromatic carbocycles. The van der Waals surface area contributed by atoms with Crippen molar-refractivity contribution in [3.8, 4) is 0 Å². The average molecular weight is 340 g/mol. The summed E-state index contributed by atoms with van der Waals surface area (Å²) in [5.74, 6) is -0.766. The number of carbonyl (C=O) groups excluding carboxylic acids is 1. The highest BCUT2D eigenvalue weighted by Crippen LogP contribution is 2.11. The van der Waals surface area contributed by atoms with E-state index in [1.807, 2.05) is 0 Å². The van der Waals surface area contributed by atoms with Gasteiger partial charge in [-0.1, -0.05) is 18.2 Å². The molecule has 0 fully saturated rings. The summed E-state index contributed by atoms with van der Waals surface area (Å²) < 4.78 is 15.0. The largest absolute Gasteiger partial charge is 0.277 e. The van der Waals surface area contributed by atoms with Gasteiger partial charge in [0.25, 0.3) is 11.5 Å². The number of aryl methyl sites for hydroxylation is 1. The van der Waals surface area contributed by atoms with Crippen LogP contribution >= 0.6 is 0 Å². The van der Waals surface area contributed by atoms with Gasteiger partial charge in [-0.3, -0.25) is 25.0 Å². The molecule has 7 heteroatoms. The molecule has 1 amide bonds. The number of hydrazine groups is 1. The second kappa shape index (κ2) is 6.72. The third-order valence-corrected chi connectivity index (χ3v) is 3.90. The summed E-state index contributed by atoms with van der Waals surface area (Å²) in [5, 5.41) is 0.502. The zero-order valence-electron chi connectivity index (χ0n) is 13.8. The van der Waals surface area contributed by atoms with Gasteiger partial charge < -0.3 is 0 Å². The highest BCUT2D eigenvalue weighted by molar-refractivity contribution is 5.94. The highest BCUT2D eigenvalue weighted by atomic mass is 19.1. The Labute approximate surface area is 143 Å². The number of benzene rings is 2. The number of carbonyl (C=O) groups is 1. The van der Waals surface area contributed by atoms with Crippen molar-refractivity contribution in [3.63, 3.8) is 0 Å². The SMILES string of the molecule is CCn1c(NNC(=O)c2ccc(C)c(F)c2)nc2ccccc2c1=O. The first-order chi connectivity index (χ1) is 12.0. The van der Waals surface area contributed by atoms with Crippen molar-refractivity contribution in [2.24, 2.45) is 0 Å². The predicted octanol–water partition coefficient (Wildman–Crippen LogP) is 2.62. The van der Waals surface area contributed by atoms with E-state index >= 15 is 0 Å². The Morgan fingerprint density at radius 2 is 2.00 bits per heavy atom. The maximum absolute atomic E-state index is 13.6. The number of nitrogens with zero attached hydrogens (tertiary/aromatic N) is 2. The van der Waals surface area contributed by atoms with E-state index in [-0.39, 0.29) is 17.1 Å². The van der Waals surface area contributed by atoms with Crippen molar-refractivity contribution in [1.29, 1.82) is 0 Å². The molecule has 2 N–H and O–H groups in total. The lowest BCUT2D eigenvalue weighted by molar-refractivity contribution is 0.0961. The summed E-state index contributed by atoms with van der Waals surface area (Å²) in [4.78, 5) is 29.0. The summed E-state index contributed by atoms with van der Waals surface area (Å²) in [5.41, 5.74) is 6.06. The fourth-order valence-corrected chi connectivity index (χ4v) is 2.48. The van der Waals surface area contributed by atoms with Gasteiger partial charge in [0.1, 0.15) is 5.82 Å². The number of hydrogen-bond donors (Lipinski definition) is 2. The normalized spacial score (nSPS) is 10.7. The molecule has 0 bridgehead atoms. The van der Waals surface area contributed by atoms with E-state index in [4.69, 9.17) is 0 Å². The van der Waals surface area contributed by atoms with Crippen LogP contribution in [0.1, 0.15) is 22.8 Å². The van der Waals surface area contributed by atoms with Crippen LogP contribution in [0.3, 0.4) is 0 Å². The van der Waals surface area contributed by atoms with Gasteiger partial charge in [-0.05, 0) is 43.7 Å². The summed E-state index contributed by atoms with van der Waals surface area (Å²) in [6.45, 7) is 3.81. The summed E-state index contributed by atoms with van der Waals surface area (Å²) >= 11 is 0. The number of hydrogen-bond acceptors (Lipinski definition) is 4. The van der Waals surface area contributed by atoms with Crippen LogP contribution in [-0.4, -0.2) is 15.5 Å². The minimum absolute atomic E-state index is 0.168. The van der Waals surface area contributed by atoms with Gasteiger partial charge in [0.15, 0.2) is 0 Å². The van der Waals surface area contributed by atoms with E-state index in [0.717, 1.165) is 6.07 Å². The van der Waals surface area contributed by atoms with Crippen LogP contribution < -0.4 is 16.4 Å². The topological polar surface area (TPSA) is 76.0 Å². The third kappa shape index (κ3) is 3.21. The molecular weight excluding hydrogens is 323 g/mol. The Morgan fingerprint density at radius 3 is 2.72 bits per heavy atom. The Hall–Kier alpha value is -3.22. The molecule has 0 saturated heterocycles. The van der Waals surface area contributed by atoms with E-state index in [1.54, 1.807) is 38.1 Å². The highest BCUT2D eigenvalue weighted by Gasteiger charge is 2.12. The number of nitrogens with one attached hydrogen (secondary N) is 2. The Bertz CT molecular complexity index is 1010. The van der Waals surface area contributed by atoms with Crippen LogP contribution in [0.15, 0.2) is 47.3 Å². The van der Waals surface area contributed by atoms with Crippen molar-refractivity contribution < 1.29 is 9.18 Å². The lowest BCUT2D eigenvalue weighted by Gasteiger charge is -2.14. The number of fused-ring (bicyclic) bond motifs is 1. The first-order valence-corrected chi connectivity index (χ1v) is 7.83. The molecule has 0 saturated carbocycles. The van der Waals surface area contributed by atoms with E-state index in [9.17, 15) is 14.0 Å². The summed E-state index contributed by atoms with van der Waals surface area (Å²) in [6, 6.07) is 11.2. The van der Waals surface area contributed by atoms with Crippen molar-refractivity contribution >= 4 is 22.8 Å². The smallest absolute Gasteiger partial charge is 0.269 e. The van der Waals surface area contributed by atoms with Crippen molar-refractivity contribution in [1.82, 2.24) is 15.0 Å². The van der Waals surface area contributed by atoms with Gasteiger partial charge in [0.05, 0.1) is 10.9 Å². The number of rotatable bonds is 4. The lowest BCUT2D eigenvalue weighted by Crippen LogP contribution is -2.34. The predicted molar refractivity (Wildman–Crippen MR) is 93.9 cm³/mol. The number of amides is 1. The maximum atomic E-state index is 13.6. The van der Waals surface area contributed by atoms with Crippen LogP contribution in [0.25, 0.3) is 10.9 Å². The monoisotopic (exact) mass is 340 g/mol. The standard InChI is InChI=1S/C18H17FN4O2/c1-3-23-17(25)13-6-4-5-7-15(13)20-18(23)22-21-16(24)12-9-8-11(2)14(19)10-12/h4-10H,3H2,1-2H3,(H,20,22)(H,21,24). The number of halogens is 1.